The fourth-order valence-corrected chi connectivity index (χ4v) is 1.81. The van der Waals surface area contributed by atoms with E-state index in [-0.39, 0.29) is 24.0 Å². The van der Waals surface area contributed by atoms with Crippen LogP contribution >= 0.6 is 24.0 Å². The number of aliphatic imine (C=N–C) groups is 1. The summed E-state index contributed by atoms with van der Waals surface area (Å²) in [6, 6.07) is 10.1. The van der Waals surface area contributed by atoms with Crippen LogP contribution in [0, 0.1) is 5.92 Å². The molecular formula is C15H22IN3O. The van der Waals surface area contributed by atoms with Crippen LogP contribution in [0.5, 0.6) is 0 Å². The molecule has 1 heterocycles. The molecule has 0 saturated carbocycles. The molecule has 20 heavy (non-hydrogen) atoms. The highest BCUT2D eigenvalue weighted by atomic mass is 127. The van der Waals surface area contributed by atoms with Crippen LogP contribution in [0.3, 0.4) is 0 Å². The number of furan rings is 1. The minimum atomic E-state index is 0. The molecular weight excluding hydrogens is 365 g/mol. The number of nitrogens with two attached hydrogens (primary N) is 1. The van der Waals surface area contributed by atoms with Crippen LogP contribution in [0.1, 0.15) is 19.6 Å². The minimum Gasteiger partial charge on any atom is -0.461 e. The number of hydrogen-bond acceptors (Lipinski definition) is 2. The third kappa shape index (κ3) is 5.03. The van der Waals surface area contributed by atoms with E-state index in [1.807, 2.05) is 24.3 Å². The molecule has 0 amide bonds. The van der Waals surface area contributed by atoms with E-state index in [1.165, 1.54) is 0 Å². The summed E-state index contributed by atoms with van der Waals surface area (Å²) in [6.45, 7) is 5.72. The number of halogens is 1. The number of hydrogen-bond donors (Lipinski definition) is 2. The lowest BCUT2D eigenvalue weighted by Gasteiger charge is -2.05. The molecule has 0 radical (unpaired) electrons. The first-order valence-corrected chi connectivity index (χ1v) is 6.66. The molecule has 0 saturated heterocycles. The van der Waals surface area contributed by atoms with E-state index in [0.29, 0.717) is 11.9 Å². The van der Waals surface area contributed by atoms with Gasteiger partial charge in [0.25, 0.3) is 0 Å². The Morgan fingerprint density at radius 1 is 1.35 bits per heavy atom. The van der Waals surface area contributed by atoms with Crippen molar-refractivity contribution < 1.29 is 4.42 Å². The molecule has 3 N–H and O–H groups in total. The summed E-state index contributed by atoms with van der Waals surface area (Å²) >= 11 is 0. The Labute approximate surface area is 136 Å². The number of nitrogens with one attached hydrogen (secondary N) is 1. The van der Waals surface area contributed by atoms with Gasteiger partial charge in [0.2, 0.25) is 0 Å². The van der Waals surface area contributed by atoms with Crippen LogP contribution in [-0.2, 0) is 6.42 Å². The maximum absolute atomic E-state index is 5.77. The van der Waals surface area contributed by atoms with Gasteiger partial charge in [-0.15, -0.1) is 24.0 Å². The molecule has 5 heteroatoms. The molecule has 2 aromatic rings. The molecule has 2 rings (SSSR count). The van der Waals surface area contributed by atoms with Crippen LogP contribution in [0.4, 0.5) is 0 Å². The molecule has 0 unspecified atom stereocenters. The maximum Gasteiger partial charge on any atom is 0.188 e. The van der Waals surface area contributed by atoms with Gasteiger partial charge in [0.05, 0.1) is 0 Å². The summed E-state index contributed by atoms with van der Waals surface area (Å²) in [6.07, 6.45) is 0.798. The zero-order valence-electron chi connectivity index (χ0n) is 11.9. The first kappa shape index (κ1) is 16.8. The molecule has 0 aliphatic carbocycles. The van der Waals surface area contributed by atoms with Crippen molar-refractivity contribution in [3.8, 4) is 0 Å². The lowest BCUT2D eigenvalue weighted by Crippen LogP contribution is -2.33. The molecule has 110 valence electrons. The van der Waals surface area contributed by atoms with Gasteiger partial charge in [0.1, 0.15) is 11.3 Å². The van der Waals surface area contributed by atoms with E-state index in [2.05, 4.69) is 30.2 Å². The Balaban J connectivity index is 0.00000200. The number of benzene rings is 1. The third-order valence-corrected chi connectivity index (χ3v) is 2.78. The smallest absolute Gasteiger partial charge is 0.188 e. The average molecular weight is 387 g/mol. The monoisotopic (exact) mass is 387 g/mol. The summed E-state index contributed by atoms with van der Waals surface area (Å²) < 4.78 is 5.73. The Hall–Kier alpha value is -1.24. The Kier molecular flexibility index (Phi) is 6.84. The van der Waals surface area contributed by atoms with Gasteiger partial charge in [-0.2, -0.15) is 0 Å². The first-order chi connectivity index (χ1) is 9.15. The fourth-order valence-electron chi connectivity index (χ4n) is 1.81. The summed E-state index contributed by atoms with van der Waals surface area (Å²) in [4.78, 5) is 4.25. The van der Waals surface area contributed by atoms with Gasteiger partial charge in [0, 0.05) is 24.9 Å². The highest BCUT2D eigenvalue weighted by Crippen LogP contribution is 2.18. The summed E-state index contributed by atoms with van der Waals surface area (Å²) in [5, 5.41) is 4.24. The van der Waals surface area contributed by atoms with Crippen molar-refractivity contribution >= 4 is 40.9 Å². The van der Waals surface area contributed by atoms with Crippen molar-refractivity contribution in [3.05, 3.63) is 36.1 Å². The van der Waals surface area contributed by atoms with Gasteiger partial charge in [-0.05, 0) is 18.1 Å². The number of para-hydroxylation sites is 1. The highest BCUT2D eigenvalue weighted by Gasteiger charge is 2.02. The second kappa shape index (κ2) is 8.14. The second-order valence-electron chi connectivity index (χ2n) is 5.05. The van der Waals surface area contributed by atoms with Gasteiger partial charge in [-0.25, -0.2) is 0 Å². The number of fused-ring (bicyclic) bond motifs is 1. The van der Waals surface area contributed by atoms with Gasteiger partial charge in [0.15, 0.2) is 5.96 Å². The second-order valence-corrected chi connectivity index (χ2v) is 5.05. The molecule has 0 bridgehead atoms. The van der Waals surface area contributed by atoms with Gasteiger partial charge in [-0.1, -0.05) is 32.0 Å². The SMILES string of the molecule is CC(C)CN=C(N)NCCc1cc2ccccc2o1.I. The van der Waals surface area contributed by atoms with Crippen molar-refractivity contribution in [2.45, 2.75) is 20.3 Å². The van der Waals surface area contributed by atoms with Crippen LogP contribution in [0.2, 0.25) is 0 Å². The zero-order valence-corrected chi connectivity index (χ0v) is 14.3. The van der Waals surface area contributed by atoms with Crippen molar-refractivity contribution in [3.63, 3.8) is 0 Å². The first-order valence-electron chi connectivity index (χ1n) is 6.66. The van der Waals surface area contributed by atoms with Crippen molar-refractivity contribution in [1.29, 1.82) is 0 Å². The van der Waals surface area contributed by atoms with Crippen LogP contribution in [0.15, 0.2) is 39.7 Å². The minimum absolute atomic E-state index is 0. The standard InChI is InChI=1S/C15H21N3O.HI/c1-11(2)10-18-15(16)17-8-7-13-9-12-5-3-4-6-14(12)19-13;/h3-6,9,11H,7-8,10H2,1-2H3,(H3,16,17,18);1H. The summed E-state index contributed by atoms with van der Waals surface area (Å²) in [5.74, 6) is 1.99. The summed E-state index contributed by atoms with van der Waals surface area (Å²) in [7, 11) is 0. The number of guanidine groups is 1. The molecule has 4 nitrogen and oxygen atoms in total. The van der Waals surface area contributed by atoms with Gasteiger partial charge >= 0.3 is 0 Å². The van der Waals surface area contributed by atoms with Crippen LogP contribution < -0.4 is 11.1 Å². The Morgan fingerprint density at radius 2 is 2.10 bits per heavy atom. The molecule has 0 spiro atoms. The van der Waals surface area contributed by atoms with E-state index in [0.717, 1.165) is 36.2 Å². The molecule has 0 fully saturated rings. The van der Waals surface area contributed by atoms with E-state index in [9.17, 15) is 0 Å². The number of rotatable bonds is 5. The number of nitrogens with zero attached hydrogens (tertiary/aromatic N) is 1. The van der Waals surface area contributed by atoms with Gasteiger partial charge < -0.3 is 15.5 Å². The predicted molar refractivity (Wildman–Crippen MR) is 94.7 cm³/mol. The largest absolute Gasteiger partial charge is 0.461 e. The van der Waals surface area contributed by atoms with E-state index >= 15 is 0 Å². The lowest BCUT2D eigenvalue weighted by molar-refractivity contribution is 0.545. The average Bonchev–Trinajstić information content (AvgIpc) is 2.79. The molecule has 0 aliphatic rings. The molecule has 0 atom stereocenters. The van der Waals surface area contributed by atoms with Crippen LogP contribution in [0.25, 0.3) is 11.0 Å². The van der Waals surface area contributed by atoms with E-state index < -0.39 is 0 Å². The third-order valence-electron chi connectivity index (χ3n) is 2.78. The molecule has 1 aromatic heterocycles. The van der Waals surface area contributed by atoms with E-state index in [1.54, 1.807) is 0 Å². The van der Waals surface area contributed by atoms with Crippen molar-refractivity contribution in [2.24, 2.45) is 16.6 Å². The Bertz CT molecular complexity index is 530. The van der Waals surface area contributed by atoms with Crippen molar-refractivity contribution in [1.82, 2.24) is 5.32 Å². The highest BCUT2D eigenvalue weighted by molar-refractivity contribution is 14.0. The normalized spacial score (nSPS) is 11.7. The predicted octanol–water partition coefficient (Wildman–Crippen LogP) is 3.15. The van der Waals surface area contributed by atoms with Crippen molar-refractivity contribution in [2.75, 3.05) is 13.1 Å². The quantitative estimate of drug-likeness (QED) is 0.471. The Morgan fingerprint density at radius 3 is 2.80 bits per heavy atom. The van der Waals surface area contributed by atoms with Crippen LogP contribution in [-0.4, -0.2) is 19.0 Å². The summed E-state index contributed by atoms with van der Waals surface area (Å²) in [5.41, 5.74) is 6.70. The van der Waals surface area contributed by atoms with E-state index in [4.69, 9.17) is 10.2 Å². The topological polar surface area (TPSA) is 63.5 Å². The lowest BCUT2D eigenvalue weighted by atomic mass is 10.2. The zero-order chi connectivity index (χ0) is 13.7. The van der Waals surface area contributed by atoms with Gasteiger partial charge in [-0.3, -0.25) is 4.99 Å². The maximum atomic E-state index is 5.77. The fraction of sp³-hybridized carbons (Fsp3) is 0.400. The molecule has 1 aromatic carbocycles. The molecule has 0 aliphatic heterocycles.